The Morgan fingerprint density at radius 1 is 0.704 bits per heavy atom. The maximum atomic E-state index is 12.5. The van der Waals surface area contributed by atoms with Gasteiger partial charge < -0.3 is 10.2 Å². The van der Waals surface area contributed by atoms with Gasteiger partial charge in [-0.05, 0) is 16.3 Å². The topological polar surface area (TPSA) is 91.7 Å². The molecule has 2 N–H and O–H groups in total. The SMILES string of the molecule is O=C(O)/C(CC(=O)c1ccccc1)=C(/C(=O)O)c1cccc2ccccc12. The summed E-state index contributed by atoms with van der Waals surface area (Å²) in [6, 6.07) is 20.4. The lowest BCUT2D eigenvalue weighted by Crippen LogP contribution is -2.14. The molecule has 0 atom stereocenters. The molecule has 0 aliphatic carbocycles. The lowest BCUT2D eigenvalue weighted by atomic mass is 9.91. The van der Waals surface area contributed by atoms with Gasteiger partial charge >= 0.3 is 11.9 Å². The number of rotatable bonds is 6. The number of carbonyl (C=O) groups excluding carboxylic acids is 1. The molecule has 0 spiro atoms. The first-order valence-corrected chi connectivity index (χ1v) is 8.25. The van der Waals surface area contributed by atoms with Gasteiger partial charge in [0.2, 0.25) is 0 Å². The molecule has 3 rings (SSSR count). The molecule has 0 saturated carbocycles. The van der Waals surface area contributed by atoms with Crippen molar-refractivity contribution in [2.45, 2.75) is 6.42 Å². The maximum absolute atomic E-state index is 12.5. The van der Waals surface area contributed by atoms with Crippen molar-refractivity contribution < 1.29 is 24.6 Å². The average Bonchev–Trinajstić information content (AvgIpc) is 2.68. The van der Waals surface area contributed by atoms with E-state index in [1.807, 2.05) is 18.2 Å². The first kappa shape index (κ1) is 18.1. The van der Waals surface area contributed by atoms with E-state index >= 15 is 0 Å². The van der Waals surface area contributed by atoms with Gasteiger partial charge in [-0.15, -0.1) is 0 Å². The summed E-state index contributed by atoms with van der Waals surface area (Å²) in [7, 11) is 0. The summed E-state index contributed by atoms with van der Waals surface area (Å²) in [5.74, 6) is -3.26. The minimum absolute atomic E-state index is 0.277. The van der Waals surface area contributed by atoms with Crippen molar-refractivity contribution in [1.29, 1.82) is 0 Å². The van der Waals surface area contributed by atoms with E-state index in [0.717, 1.165) is 5.39 Å². The molecule has 0 fully saturated rings. The minimum atomic E-state index is -1.43. The van der Waals surface area contributed by atoms with Crippen molar-refractivity contribution in [2.24, 2.45) is 0 Å². The third-order valence-corrected chi connectivity index (χ3v) is 4.27. The van der Waals surface area contributed by atoms with Crippen molar-refractivity contribution >= 4 is 34.1 Å². The molecule has 0 saturated heterocycles. The van der Waals surface area contributed by atoms with Crippen LogP contribution in [0.15, 0.2) is 78.4 Å². The molecule has 0 bridgehead atoms. The van der Waals surface area contributed by atoms with Gasteiger partial charge in [0.1, 0.15) is 0 Å². The van der Waals surface area contributed by atoms with Crippen molar-refractivity contribution in [1.82, 2.24) is 0 Å². The summed E-state index contributed by atoms with van der Waals surface area (Å²) in [6.07, 6.45) is -0.510. The summed E-state index contributed by atoms with van der Waals surface area (Å²) in [5, 5.41) is 20.8. The Balaban J connectivity index is 2.18. The zero-order valence-corrected chi connectivity index (χ0v) is 14.3. The fourth-order valence-electron chi connectivity index (χ4n) is 3.01. The smallest absolute Gasteiger partial charge is 0.336 e. The van der Waals surface area contributed by atoms with Gasteiger partial charge in [0.05, 0.1) is 11.1 Å². The Morgan fingerprint density at radius 3 is 2.00 bits per heavy atom. The number of Topliss-reactive ketones (excluding diaryl/α,β-unsaturated/α-hetero) is 1. The predicted molar refractivity (Wildman–Crippen MR) is 102 cm³/mol. The number of carboxylic acids is 2. The van der Waals surface area contributed by atoms with Gasteiger partial charge in [-0.1, -0.05) is 72.8 Å². The molecule has 0 unspecified atom stereocenters. The highest BCUT2D eigenvalue weighted by atomic mass is 16.4. The Labute approximate surface area is 155 Å². The molecule has 3 aromatic carbocycles. The van der Waals surface area contributed by atoms with Crippen LogP contribution in [0.25, 0.3) is 16.3 Å². The summed E-state index contributed by atoms with van der Waals surface area (Å²) in [6.45, 7) is 0. The molecule has 5 heteroatoms. The highest BCUT2D eigenvalue weighted by Gasteiger charge is 2.25. The van der Waals surface area contributed by atoms with Crippen LogP contribution in [0, 0.1) is 0 Å². The van der Waals surface area contributed by atoms with Crippen LogP contribution in [0.3, 0.4) is 0 Å². The monoisotopic (exact) mass is 360 g/mol. The molecule has 5 nitrogen and oxygen atoms in total. The van der Waals surface area contributed by atoms with E-state index in [1.54, 1.807) is 54.6 Å². The zero-order valence-electron chi connectivity index (χ0n) is 14.3. The third kappa shape index (κ3) is 3.77. The number of carboxylic acid groups (broad SMARTS) is 2. The first-order valence-electron chi connectivity index (χ1n) is 8.25. The number of hydrogen-bond acceptors (Lipinski definition) is 3. The fraction of sp³-hybridized carbons (Fsp3) is 0.0455. The van der Waals surface area contributed by atoms with Crippen LogP contribution in [0.2, 0.25) is 0 Å². The van der Waals surface area contributed by atoms with E-state index < -0.39 is 29.7 Å². The molecule has 0 aromatic heterocycles. The van der Waals surface area contributed by atoms with Crippen LogP contribution >= 0.6 is 0 Å². The van der Waals surface area contributed by atoms with Gasteiger partial charge in [0, 0.05) is 12.0 Å². The quantitative estimate of drug-likeness (QED) is 0.511. The first-order chi connectivity index (χ1) is 13.0. The molecule has 134 valence electrons. The van der Waals surface area contributed by atoms with Crippen LogP contribution in [-0.2, 0) is 9.59 Å². The van der Waals surface area contributed by atoms with Crippen LogP contribution in [-0.4, -0.2) is 27.9 Å². The standard InChI is InChI=1S/C22H16O5/c23-19(15-8-2-1-3-9-15)13-18(21(24)25)20(22(26)27)17-12-6-10-14-7-4-5-11-16(14)17/h1-12H,13H2,(H,24,25)(H,26,27)/b20-18+. The molecule has 0 aliphatic rings. The van der Waals surface area contributed by atoms with E-state index in [1.165, 1.54) is 0 Å². The molecule has 3 aromatic rings. The van der Waals surface area contributed by atoms with Crippen molar-refractivity contribution in [3.05, 3.63) is 89.5 Å². The van der Waals surface area contributed by atoms with Gasteiger partial charge in [-0.3, -0.25) is 4.79 Å². The predicted octanol–water partition coefficient (Wildman–Crippen LogP) is 4.04. The van der Waals surface area contributed by atoms with Crippen LogP contribution in [0.1, 0.15) is 22.3 Å². The Bertz CT molecular complexity index is 1060. The van der Waals surface area contributed by atoms with E-state index in [9.17, 15) is 24.6 Å². The highest BCUT2D eigenvalue weighted by molar-refractivity contribution is 6.26. The second-order valence-electron chi connectivity index (χ2n) is 5.96. The second-order valence-corrected chi connectivity index (χ2v) is 5.96. The average molecular weight is 360 g/mol. The van der Waals surface area contributed by atoms with Crippen LogP contribution in [0.4, 0.5) is 0 Å². The zero-order chi connectivity index (χ0) is 19.4. The van der Waals surface area contributed by atoms with Crippen molar-refractivity contribution in [3.63, 3.8) is 0 Å². The van der Waals surface area contributed by atoms with Crippen LogP contribution in [0.5, 0.6) is 0 Å². The molecular weight excluding hydrogens is 344 g/mol. The molecular formula is C22H16O5. The fourth-order valence-corrected chi connectivity index (χ4v) is 3.01. The van der Waals surface area contributed by atoms with E-state index in [-0.39, 0.29) is 11.1 Å². The molecule has 0 radical (unpaired) electrons. The molecule has 0 aliphatic heterocycles. The summed E-state index contributed by atoms with van der Waals surface area (Å²) < 4.78 is 0. The summed E-state index contributed by atoms with van der Waals surface area (Å²) in [4.78, 5) is 36.3. The number of ketones is 1. The van der Waals surface area contributed by atoms with Crippen molar-refractivity contribution in [3.8, 4) is 0 Å². The number of carbonyl (C=O) groups is 3. The number of fused-ring (bicyclic) bond motifs is 1. The van der Waals surface area contributed by atoms with Gasteiger partial charge in [0.15, 0.2) is 5.78 Å². The lowest BCUT2D eigenvalue weighted by Gasteiger charge is -2.12. The third-order valence-electron chi connectivity index (χ3n) is 4.27. The van der Waals surface area contributed by atoms with Crippen molar-refractivity contribution in [2.75, 3.05) is 0 Å². The van der Waals surface area contributed by atoms with E-state index in [2.05, 4.69) is 0 Å². The Morgan fingerprint density at radius 2 is 1.33 bits per heavy atom. The Kier molecular flexibility index (Phi) is 5.13. The van der Waals surface area contributed by atoms with Gasteiger partial charge in [-0.2, -0.15) is 0 Å². The van der Waals surface area contributed by atoms with E-state index in [0.29, 0.717) is 10.9 Å². The van der Waals surface area contributed by atoms with Gasteiger partial charge in [0.25, 0.3) is 0 Å². The number of benzene rings is 3. The largest absolute Gasteiger partial charge is 0.478 e. The number of aliphatic carboxylic acids is 2. The van der Waals surface area contributed by atoms with E-state index in [4.69, 9.17) is 0 Å². The molecule has 0 amide bonds. The summed E-state index contributed by atoms with van der Waals surface area (Å²) in [5.41, 5.74) is -0.200. The highest BCUT2D eigenvalue weighted by Crippen LogP contribution is 2.29. The maximum Gasteiger partial charge on any atom is 0.336 e. The van der Waals surface area contributed by atoms with Crippen LogP contribution < -0.4 is 0 Å². The number of hydrogen-bond donors (Lipinski definition) is 2. The Hall–Kier alpha value is -3.73. The van der Waals surface area contributed by atoms with Gasteiger partial charge in [-0.25, -0.2) is 9.59 Å². The minimum Gasteiger partial charge on any atom is -0.478 e. The summed E-state index contributed by atoms with van der Waals surface area (Å²) >= 11 is 0. The normalized spacial score (nSPS) is 11.7. The molecule has 27 heavy (non-hydrogen) atoms. The lowest BCUT2D eigenvalue weighted by molar-refractivity contribution is -0.134. The molecule has 0 heterocycles. The second kappa shape index (κ2) is 7.66.